The van der Waals surface area contributed by atoms with Gasteiger partial charge in [-0.2, -0.15) is 0 Å². The minimum atomic E-state index is -1.15. The van der Waals surface area contributed by atoms with Gasteiger partial charge >= 0.3 is 5.97 Å². The van der Waals surface area contributed by atoms with Gasteiger partial charge in [-0.3, -0.25) is 4.98 Å². The van der Waals surface area contributed by atoms with Gasteiger partial charge in [-0.15, -0.1) is 0 Å². The second kappa shape index (κ2) is 4.87. The largest absolute Gasteiger partial charge is 0.505 e. The molecule has 1 aromatic carbocycles. The minimum Gasteiger partial charge on any atom is -0.505 e. The molecule has 0 aliphatic heterocycles. The Morgan fingerprint density at radius 3 is 2.56 bits per heavy atom. The van der Waals surface area contributed by atoms with Crippen LogP contribution in [0.5, 0.6) is 5.75 Å². The molecule has 92 valence electrons. The number of benzene rings is 1. The monoisotopic (exact) mass is 243 g/mol. The van der Waals surface area contributed by atoms with E-state index in [2.05, 4.69) is 4.98 Å². The van der Waals surface area contributed by atoms with Crippen molar-refractivity contribution in [3.8, 4) is 5.75 Å². The van der Waals surface area contributed by atoms with Crippen molar-refractivity contribution in [2.45, 2.75) is 13.3 Å². The van der Waals surface area contributed by atoms with Crippen molar-refractivity contribution in [1.29, 1.82) is 0 Å². The average Bonchev–Trinajstić information content (AvgIpc) is 2.34. The van der Waals surface area contributed by atoms with Gasteiger partial charge in [0.15, 0.2) is 5.75 Å². The Labute approximate surface area is 105 Å². The second-order valence-electron chi connectivity index (χ2n) is 4.07. The Hall–Kier alpha value is -2.36. The second-order valence-corrected chi connectivity index (χ2v) is 4.07. The molecule has 2 aromatic rings. The lowest BCUT2D eigenvalue weighted by Crippen LogP contribution is -2.03. The number of nitrogens with zero attached hydrogens (tertiary/aromatic N) is 1. The van der Waals surface area contributed by atoms with E-state index in [1.54, 1.807) is 6.92 Å². The topological polar surface area (TPSA) is 70.4 Å². The summed E-state index contributed by atoms with van der Waals surface area (Å²) < 4.78 is 0. The predicted molar refractivity (Wildman–Crippen MR) is 66.8 cm³/mol. The van der Waals surface area contributed by atoms with Crippen molar-refractivity contribution in [3.63, 3.8) is 0 Å². The summed E-state index contributed by atoms with van der Waals surface area (Å²) >= 11 is 0. The highest BCUT2D eigenvalue weighted by Crippen LogP contribution is 2.24. The van der Waals surface area contributed by atoms with Gasteiger partial charge in [0.25, 0.3) is 0 Å². The third-order valence-electron chi connectivity index (χ3n) is 2.64. The Kier molecular flexibility index (Phi) is 3.28. The molecule has 4 heteroatoms. The molecule has 0 aliphatic carbocycles. The number of carboxylic acid groups (broad SMARTS) is 1. The SMILES string of the molecule is Cc1cc(C(=O)O)c(O)c(Cc2ccccc2)n1. The Balaban J connectivity index is 2.42. The Morgan fingerprint density at radius 1 is 1.28 bits per heavy atom. The molecule has 0 atom stereocenters. The standard InChI is InChI=1S/C14H13NO3/c1-9-7-11(14(17)18)13(16)12(15-9)8-10-5-3-2-4-6-10/h2-7,16H,8H2,1H3,(H,17,18). The fourth-order valence-electron chi connectivity index (χ4n) is 1.81. The van der Waals surface area contributed by atoms with E-state index in [9.17, 15) is 9.90 Å². The first-order valence-electron chi connectivity index (χ1n) is 5.54. The van der Waals surface area contributed by atoms with Gasteiger partial charge in [-0.1, -0.05) is 30.3 Å². The van der Waals surface area contributed by atoms with Crippen molar-refractivity contribution in [1.82, 2.24) is 4.98 Å². The molecule has 2 N–H and O–H groups in total. The summed E-state index contributed by atoms with van der Waals surface area (Å²) in [5.41, 5.74) is 1.84. The van der Waals surface area contributed by atoms with Crippen LogP contribution in [0, 0.1) is 6.92 Å². The summed E-state index contributed by atoms with van der Waals surface area (Å²) in [6.07, 6.45) is 0.411. The molecule has 0 fully saturated rings. The first-order valence-corrected chi connectivity index (χ1v) is 5.54. The molecule has 1 heterocycles. The van der Waals surface area contributed by atoms with E-state index in [1.165, 1.54) is 6.07 Å². The molecule has 1 aromatic heterocycles. The van der Waals surface area contributed by atoms with Crippen LogP contribution in [0.4, 0.5) is 0 Å². The molecule has 0 radical (unpaired) electrons. The molecule has 0 saturated carbocycles. The van der Waals surface area contributed by atoms with Gasteiger partial charge in [-0.25, -0.2) is 4.79 Å². The number of aromatic carboxylic acids is 1. The predicted octanol–water partition coefficient (Wildman–Crippen LogP) is 2.38. The number of pyridine rings is 1. The summed E-state index contributed by atoms with van der Waals surface area (Å²) in [5.74, 6) is -1.40. The molecule has 0 amide bonds. The van der Waals surface area contributed by atoms with E-state index < -0.39 is 5.97 Å². The summed E-state index contributed by atoms with van der Waals surface area (Å²) in [6.45, 7) is 1.71. The first-order chi connectivity index (χ1) is 8.58. The molecule has 0 bridgehead atoms. The van der Waals surface area contributed by atoms with E-state index in [4.69, 9.17) is 5.11 Å². The number of rotatable bonds is 3. The molecule has 2 rings (SSSR count). The summed E-state index contributed by atoms with van der Waals surface area (Å²) in [6, 6.07) is 10.9. The Bertz CT molecular complexity index is 579. The van der Waals surface area contributed by atoms with E-state index >= 15 is 0 Å². The van der Waals surface area contributed by atoms with Crippen LogP contribution in [-0.2, 0) is 6.42 Å². The van der Waals surface area contributed by atoms with E-state index in [0.29, 0.717) is 17.8 Å². The maximum Gasteiger partial charge on any atom is 0.339 e. The highest BCUT2D eigenvalue weighted by molar-refractivity contribution is 5.91. The van der Waals surface area contributed by atoms with Crippen molar-refractivity contribution < 1.29 is 15.0 Å². The van der Waals surface area contributed by atoms with E-state index in [-0.39, 0.29) is 11.3 Å². The van der Waals surface area contributed by atoms with E-state index in [0.717, 1.165) is 5.56 Å². The van der Waals surface area contributed by atoms with Crippen LogP contribution in [0.3, 0.4) is 0 Å². The zero-order chi connectivity index (χ0) is 13.1. The number of aromatic hydroxyl groups is 1. The third kappa shape index (κ3) is 2.48. The Morgan fingerprint density at radius 2 is 1.94 bits per heavy atom. The minimum absolute atomic E-state index is 0.103. The molecule has 18 heavy (non-hydrogen) atoms. The lowest BCUT2D eigenvalue weighted by Gasteiger charge is -2.08. The van der Waals surface area contributed by atoms with Crippen LogP contribution in [0.2, 0.25) is 0 Å². The normalized spacial score (nSPS) is 10.3. The number of aromatic nitrogens is 1. The van der Waals surface area contributed by atoms with Crippen LogP contribution >= 0.6 is 0 Å². The number of hydrogen-bond donors (Lipinski definition) is 2. The molecule has 0 aliphatic rings. The molecule has 0 saturated heterocycles. The van der Waals surface area contributed by atoms with Gasteiger partial charge in [-0.05, 0) is 18.6 Å². The first kappa shape index (κ1) is 12.1. The maximum atomic E-state index is 11.0. The summed E-state index contributed by atoms with van der Waals surface area (Å²) in [4.78, 5) is 15.2. The third-order valence-corrected chi connectivity index (χ3v) is 2.64. The lowest BCUT2D eigenvalue weighted by molar-refractivity contribution is 0.0693. The van der Waals surface area contributed by atoms with Gasteiger partial charge in [0.05, 0.1) is 5.69 Å². The van der Waals surface area contributed by atoms with Crippen molar-refractivity contribution in [2.24, 2.45) is 0 Å². The zero-order valence-corrected chi connectivity index (χ0v) is 9.92. The fourth-order valence-corrected chi connectivity index (χ4v) is 1.81. The van der Waals surface area contributed by atoms with E-state index in [1.807, 2.05) is 30.3 Å². The number of hydrogen-bond acceptors (Lipinski definition) is 3. The smallest absolute Gasteiger partial charge is 0.339 e. The molecule has 0 unspecified atom stereocenters. The van der Waals surface area contributed by atoms with Crippen LogP contribution in [0.1, 0.15) is 27.3 Å². The highest BCUT2D eigenvalue weighted by atomic mass is 16.4. The summed E-state index contributed by atoms with van der Waals surface area (Å²) in [7, 11) is 0. The van der Waals surface area contributed by atoms with Crippen LogP contribution < -0.4 is 0 Å². The van der Waals surface area contributed by atoms with Gasteiger partial charge in [0.1, 0.15) is 5.56 Å². The number of aryl methyl sites for hydroxylation is 1. The maximum absolute atomic E-state index is 11.0. The van der Waals surface area contributed by atoms with Crippen LogP contribution in [0.25, 0.3) is 0 Å². The molecular weight excluding hydrogens is 230 g/mol. The number of carbonyl (C=O) groups is 1. The zero-order valence-electron chi connectivity index (χ0n) is 9.92. The quantitative estimate of drug-likeness (QED) is 0.868. The lowest BCUT2D eigenvalue weighted by atomic mass is 10.1. The fraction of sp³-hybridized carbons (Fsp3) is 0.143. The van der Waals surface area contributed by atoms with Gasteiger partial charge in [0.2, 0.25) is 0 Å². The molecule has 4 nitrogen and oxygen atoms in total. The van der Waals surface area contributed by atoms with Crippen molar-refractivity contribution in [3.05, 3.63) is 58.9 Å². The van der Waals surface area contributed by atoms with Gasteiger partial charge in [0, 0.05) is 12.1 Å². The summed E-state index contributed by atoms with van der Waals surface area (Å²) in [5, 5.41) is 18.9. The van der Waals surface area contributed by atoms with Gasteiger partial charge < -0.3 is 10.2 Å². The molecule has 0 spiro atoms. The van der Waals surface area contributed by atoms with Crippen molar-refractivity contribution in [2.75, 3.05) is 0 Å². The number of carboxylic acids is 1. The molecular formula is C14H13NO3. The average molecular weight is 243 g/mol. The van der Waals surface area contributed by atoms with Crippen LogP contribution in [-0.4, -0.2) is 21.2 Å². The van der Waals surface area contributed by atoms with Crippen molar-refractivity contribution >= 4 is 5.97 Å². The highest BCUT2D eigenvalue weighted by Gasteiger charge is 2.15. The van der Waals surface area contributed by atoms with Crippen LogP contribution in [0.15, 0.2) is 36.4 Å².